The largest absolute Gasteiger partial charge is 0.469 e. The van der Waals surface area contributed by atoms with E-state index in [-0.39, 0.29) is 29.6 Å². The molecule has 6 rings (SSSR count). The summed E-state index contributed by atoms with van der Waals surface area (Å²) in [5.41, 5.74) is 2.50. The summed E-state index contributed by atoms with van der Waals surface area (Å²) in [7, 11) is 0. The molecule has 3 fully saturated rings. The van der Waals surface area contributed by atoms with Gasteiger partial charge in [-0.05, 0) is 55.8 Å². The summed E-state index contributed by atoms with van der Waals surface area (Å²) >= 11 is 0. The third-order valence-electron chi connectivity index (χ3n) is 9.23. The van der Waals surface area contributed by atoms with Gasteiger partial charge in [0.25, 0.3) is 0 Å². The standard InChI is InChI=1S/C35H49N7O5/c1-23(2)20-46-34(43)42(32-18-36-30(17-38-32)25-15-39-41(19-25)26-10-12-44-13-11-26)27-8-6-24(7-9-27)14-31-37-16-29(35(3,4)5)33(40-31)47-28-21-45-22-28/h15-19,23-24,26-28H,6-14,20-22H2,1-5H3. The maximum Gasteiger partial charge on any atom is 0.415 e. The van der Waals surface area contributed by atoms with E-state index in [1.54, 1.807) is 17.3 Å². The zero-order valence-corrected chi connectivity index (χ0v) is 28.4. The van der Waals surface area contributed by atoms with Gasteiger partial charge in [-0.25, -0.2) is 14.8 Å². The van der Waals surface area contributed by atoms with Gasteiger partial charge in [-0.2, -0.15) is 10.1 Å². The fourth-order valence-electron chi connectivity index (χ4n) is 6.36. The van der Waals surface area contributed by atoms with Crippen LogP contribution in [-0.4, -0.2) is 81.0 Å². The van der Waals surface area contributed by atoms with Crippen molar-refractivity contribution in [2.24, 2.45) is 11.8 Å². The fourth-order valence-corrected chi connectivity index (χ4v) is 6.36. The zero-order valence-electron chi connectivity index (χ0n) is 28.4. The Bertz CT molecular complexity index is 1470. The summed E-state index contributed by atoms with van der Waals surface area (Å²) in [5, 5.41) is 4.58. The van der Waals surface area contributed by atoms with E-state index >= 15 is 0 Å². The molecule has 2 saturated heterocycles. The minimum Gasteiger partial charge on any atom is -0.469 e. The van der Waals surface area contributed by atoms with Crippen LogP contribution in [0.3, 0.4) is 0 Å². The van der Waals surface area contributed by atoms with Gasteiger partial charge >= 0.3 is 6.09 Å². The molecule has 0 bridgehead atoms. The lowest BCUT2D eigenvalue weighted by atomic mass is 9.83. The van der Waals surface area contributed by atoms with E-state index in [0.717, 1.165) is 80.8 Å². The van der Waals surface area contributed by atoms with E-state index < -0.39 is 0 Å². The number of nitrogens with zero attached hydrogens (tertiary/aromatic N) is 7. The van der Waals surface area contributed by atoms with Crippen LogP contribution in [0.5, 0.6) is 5.88 Å². The van der Waals surface area contributed by atoms with Gasteiger partial charge in [-0.15, -0.1) is 0 Å². The maximum absolute atomic E-state index is 13.5. The Labute approximate surface area is 277 Å². The molecule has 0 aromatic carbocycles. The highest BCUT2D eigenvalue weighted by Crippen LogP contribution is 2.35. The lowest BCUT2D eigenvalue weighted by Crippen LogP contribution is -2.44. The molecule has 0 unspecified atom stereocenters. The van der Waals surface area contributed by atoms with Crippen molar-refractivity contribution >= 4 is 11.9 Å². The van der Waals surface area contributed by atoms with Crippen molar-refractivity contribution in [3.8, 4) is 17.1 Å². The summed E-state index contributed by atoms with van der Waals surface area (Å²) in [5.74, 6) is 2.60. The fraction of sp³-hybridized carbons (Fsp3) is 0.657. The van der Waals surface area contributed by atoms with Gasteiger partial charge in [0.1, 0.15) is 11.9 Å². The van der Waals surface area contributed by atoms with Crippen molar-refractivity contribution in [1.29, 1.82) is 0 Å². The quantitative estimate of drug-likeness (QED) is 0.260. The molecule has 0 radical (unpaired) electrons. The Morgan fingerprint density at radius 2 is 1.74 bits per heavy atom. The topological polar surface area (TPSA) is 127 Å². The summed E-state index contributed by atoms with van der Waals surface area (Å²) in [6, 6.07) is 0.294. The third kappa shape index (κ3) is 8.27. The van der Waals surface area contributed by atoms with E-state index in [0.29, 0.717) is 43.5 Å². The lowest BCUT2D eigenvalue weighted by Gasteiger charge is -2.35. The van der Waals surface area contributed by atoms with Gasteiger partial charge in [0.2, 0.25) is 5.88 Å². The molecule has 1 aliphatic carbocycles. The number of carbonyl (C=O) groups excluding carboxylic acids is 1. The van der Waals surface area contributed by atoms with Crippen molar-refractivity contribution < 1.29 is 23.7 Å². The molecule has 0 spiro atoms. The Balaban J connectivity index is 1.12. The minimum absolute atomic E-state index is 0.0379. The van der Waals surface area contributed by atoms with E-state index in [1.807, 2.05) is 37.1 Å². The average Bonchev–Trinajstić information content (AvgIpc) is 3.54. The first-order valence-electron chi connectivity index (χ1n) is 17.1. The Morgan fingerprint density at radius 3 is 2.38 bits per heavy atom. The first kappa shape index (κ1) is 33.3. The molecule has 1 saturated carbocycles. The van der Waals surface area contributed by atoms with E-state index in [1.165, 1.54) is 0 Å². The van der Waals surface area contributed by atoms with Crippen LogP contribution in [0.15, 0.2) is 31.0 Å². The van der Waals surface area contributed by atoms with Crippen LogP contribution in [0.25, 0.3) is 11.3 Å². The van der Waals surface area contributed by atoms with Crippen LogP contribution in [0, 0.1) is 11.8 Å². The zero-order chi connectivity index (χ0) is 33.0. The third-order valence-corrected chi connectivity index (χ3v) is 9.23. The minimum atomic E-state index is -0.376. The van der Waals surface area contributed by atoms with Gasteiger partial charge in [0.05, 0.1) is 50.1 Å². The summed E-state index contributed by atoms with van der Waals surface area (Å²) < 4.78 is 24.8. The van der Waals surface area contributed by atoms with Gasteiger partial charge < -0.3 is 18.9 Å². The van der Waals surface area contributed by atoms with Crippen LogP contribution in [-0.2, 0) is 26.0 Å². The van der Waals surface area contributed by atoms with Crippen LogP contribution < -0.4 is 9.64 Å². The summed E-state index contributed by atoms with van der Waals surface area (Å²) in [4.78, 5) is 34.3. The lowest BCUT2D eigenvalue weighted by molar-refractivity contribution is -0.0820. The predicted molar refractivity (Wildman–Crippen MR) is 176 cm³/mol. The van der Waals surface area contributed by atoms with Crippen molar-refractivity contribution in [2.45, 2.75) is 103 Å². The molecule has 12 nitrogen and oxygen atoms in total. The first-order chi connectivity index (χ1) is 22.6. The number of rotatable bonds is 10. The van der Waals surface area contributed by atoms with Gasteiger partial charge in [0.15, 0.2) is 5.82 Å². The van der Waals surface area contributed by atoms with Crippen LogP contribution in [0.2, 0.25) is 0 Å². The number of hydrogen-bond donors (Lipinski definition) is 0. The predicted octanol–water partition coefficient (Wildman–Crippen LogP) is 5.96. The molecule has 2 aliphatic heterocycles. The monoisotopic (exact) mass is 647 g/mol. The number of hydrogen-bond acceptors (Lipinski definition) is 10. The molecule has 0 N–H and O–H groups in total. The van der Waals surface area contributed by atoms with Crippen molar-refractivity contribution in [1.82, 2.24) is 29.7 Å². The SMILES string of the molecule is CC(C)COC(=O)N(c1cnc(-c2cnn(C3CCOCC3)c2)cn1)C1CCC(Cc2ncc(C(C)(C)C)c(OC3COC3)n2)CC1. The Hall–Kier alpha value is -3.64. The molecule has 5 heterocycles. The maximum atomic E-state index is 13.5. The average molecular weight is 648 g/mol. The molecule has 47 heavy (non-hydrogen) atoms. The highest BCUT2D eigenvalue weighted by Gasteiger charge is 2.33. The van der Waals surface area contributed by atoms with Gasteiger partial charge in [0, 0.05) is 49.2 Å². The number of ether oxygens (including phenoxy) is 4. The van der Waals surface area contributed by atoms with Gasteiger partial charge in [-0.1, -0.05) is 34.6 Å². The van der Waals surface area contributed by atoms with Crippen molar-refractivity contribution in [3.05, 3.63) is 42.4 Å². The molecule has 254 valence electrons. The second-order valence-electron chi connectivity index (χ2n) is 14.6. The molecular weight excluding hydrogens is 598 g/mol. The normalized spacial score (nSPS) is 21.0. The smallest absolute Gasteiger partial charge is 0.415 e. The van der Waals surface area contributed by atoms with Crippen molar-refractivity contribution in [3.63, 3.8) is 0 Å². The highest BCUT2D eigenvalue weighted by atomic mass is 16.6. The molecular formula is C35H49N7O5. The molecule has 3 aromatic heterocycles. The molecule has 12 heteroatoms. The van der Waals surface area contributed by atoms with E-state index in [4.69, 9.17) is 38.9 Å². The molecule has 1 amide bonds. The second-order valence-corrected chi connectivity index (χ2v) is 14.6. The van der Waals surface area contributed by atoms with Crippen molar-refractivity contribution in [2.75, 3.05) is 37.9 Å². The molecule has 0 atom stereocenters. The number of carbonyl (C=O) groups is 1. The second kappa shape index (κ2) is 14.6. The number of amides is 1. The van der Waals surface area contributed by atoms with Gasteiger partial charge in [-0.3, -0.25) is 14.6 Å². The highest BCUT2D eigenvalue weighted by molar-refractivity contribution is 5.87. The Kier molecular flexibility index (Phi) is 10.4. The first-order valence-corrected chi connectivity index (χ1v) is 17.1. The van der Waals surface area contributed by atoms with E-state index in [9.17, 15) is 4.79 Å². The number of anilines is 1. The van der Waals surface area contributed by atoms with Crippen LogP contribution >= 0.6 is 0 Å². The molecule has 3 aromatic rings. The van der Waals surface area contributed by atoms with Crippen LogP contribution in [0.1, 0.15) is 90.6 Å². The Morgan fingerprint density at radius 1 is 0.979 bits per heavy atom. The van der Waals surface area contributed by atoms with E-state index in [2.05, 4.69) is 25.9 Å². The molecule has 3 aliphatic rings. The van der Waals surface area contributed by atoms with Crippen LogP contribution in [0.4, 0.5) is 10.6 Å². The number of aromatic nitrogens is 6. The summed E-state index contributed by atoms with van der Waals surface area (Å²) in [6.45, 7) is 13.6. The summed E-state index contributed by atoms with van der Waals surface area (Å²) in [6.07, 6.45) is 15.0.